The van der Waals surface area contributed by atoms with Crippen LogP contribution in [0.25, 0.3) is 0 Å². The molecule has 2 aliphatic rings. The molecule has 3 N–H and O–H groups in total. The number of hydrogen-bond donors (Lipinski definition) is 3. The Hall–Kier alpha value is -1.75. The van der Waals surface area contributed by atoms with Gasteiger partial charge >= 0.3 is 0 Å². The van der Waals surface area contributed by atoms with Gasteiger partial charge in [0.05, 0.1) is 27.0 Å². The second kappa shape index (κ2) is 7.47. The molecule has 0 bridgehead atoms. The van der Waals surface area contributed by atoms with Crippen molar-refractivity contribution in [1.29, 1.82) is 0 Å². The molecule has 1 heterocycles. The summed E-state index contributed by atoms with van der Waals surface area (Å²) in [6.07, 6.45) is 5.73. The van der Waals surface area contributed by atoms with Crippen molar-refractivity contribution < 1.29 is 0 Å². The molecular weight excluding hydrogens is 367 g/mol. The van der Waals surface area contributed by atoms with E-state index in [2.05, 4.69) is 28.3 Å². The minimum Gasteiger partial charge on any atom is -0.371 e. The van der Waals surface area contributed by atoms with Gasteiger partial charge in [0, 0.05) is 6.54 Å². The van der Waals surface area contributed by atoms with E-state index in [4.69, 9.17) is 28.2 Å². The Kier molecular flexibility index (Phi) is 5.07. The van der Waals surface area contributed by atoms with E-state index in [1.807, 2.05) is 30.3 Å². The lowest BCUT2D eigenvalue weighted by atomic mass is 9.79. The van der Waals surface area contributed by atoms with Crippen LogP contribution in [-0.4, -0.2) is 11.4 Å². The summed E-state index contributed by atoms with van der Waals surface area (Å²) < 4.78 is 0. The van der Waals surface area contributed by atoms with E-state index in [9.17, 15) is 0 Å². The number of anilines is 1. The fourth-order valence-corrected chi connectivity index (χ4v) is 4.09. The summed E-state index contributed by atoms with van der Waals surface area (Å²) in [6.45, 7) is 0.726. The van der Waals surface area contributed by atoms with E-state index < -0.39 is 0 Å². The second-order valence-electron chi connectivity index (χ2n) is 6.98. The number of halogens is 2. The molecule has 136 valence electrons. The van der Waals surface area contributed by atoms with Gasteiger partial charge < -0.3 is 10.7 Å². The Balaban J connectivity index is 1.59. The van der Waals surface area contributed by atoms with Gasteiger partial charge in [0.2, 0.25) is 0 Å². The molecule has 6 heteroatoms. The van der Waals surface area contributed by atoms with Crippen LogP contribution in [-0.2, 0) is 6.54 Å². The summed E-state index contributed by atoms with van der Waals surface area (Å²) in [5, 5.41) is 4.78. The average Bonchev–Trinajstić information content (AvgIpc) is 2.66. The van der Waals surface area contributed by atoms with Crippen molar-refractivity contribution in [2.75, 3.05) is 5.32 Å². The number of nitrogens with one attached hydrogen (secondary N) is 3. The van der Waals surface area contributed by atoms with Crippen molar-refractivity contribution >= 4 is 40.4 Å². The number of hydrogen-bond acceptors (Lipinski definition) is 4. The minimum atomic E-state index is -0.175. The van der Waals surface area contributed by atoms with Crippen molar-refractivity contribution in [3.63, 3.8) is 0 Å². The quantitative estimate of drug-likeness (QED) is 0.612. The molecule has 4 rings (SSSR count). The van der Waals surface area contributed by atoms with E-state index in [1.54, 1.807) is 0 Å². The van der Waals surface area contributed by atoms with Crippen molar-refractivity contribution in [2.45, 2.75) is 44.2 Å². The Morgan fingerprint density at radius 2 is 1.73 bits per heavy atom. The van der Waals surface area contributed by atoms with Crippen molar-refractivity contribution in [1.82, 2.24) is 10.9 Å². The van der Waals surface area contributed by atoms with Crippen LogP contribution < -0.4 is 16.2 Å². The summed E-state index contributed by atoms with van der Waals surface area (Å²) in [6, 6.07) is 14.0. The van der Waals surface area contributed by atoms with Gasteiger partial charge in [0.25, 0.3) is 0 Å². The first-order valence-electron chi connectivity index (χ1n) is 9.05. The highest BCUT2D eigenvalue weighted by Gasteiger charge is 2.40. The van der Waals surface area contributed by atoms with Crippen molar-refractivity contribution in [3.8, 4) is 0 Å². The third kappa shape index (κ3) is 3.54. The van der Waals surface area contributed by atoms with Crippen LogP contribution in [0.15, 0.2) is 47.5 Å². The predicted molar refractivity (Wildman–Crippen MR) is 109 cm³/mol. The zero-order valence-corrected chi connectivity index (χ0v) is 16.0. The predicted octanol–water partition coefficient (Wildman–Crippen LogP) is 5.45. The summed E-state index contributed by atoms with van der Waals surface area (Å²) in [5.74, 6) is 0.930. The van der Waals surface area contributed by atoms with Crippen LogP contribution in [0.2, 0.25) is 10.0 Å². The average molecular weight is 389 g/mol. The number of rotatable bonds is 3. The normalized spacial score (nSPS) is 18.0. The second-order valence-corrected chi connectivity index (χ2v) is 7.79. The van der Waals surface area contributed by atoms with Gasteiger partial charge in [-0.1, -0.05) is 72.8 Å². The van der Waals surface area contributed by atoms with E-state index in [1.165, 1.54) is 24.8 Å². The number of hydrazine groups is 1. The SMILES string of the molecule is Clc1cc2c(cc1Cl)NC1(CCCCC1)C(NNCc1ccccc1)=N2. The van der Waals surface area contributed by atoms with Crippen LogP contribution in [0.5, 0.6) is 0 Å². The first-order chi connectivity index (χ1) is 12.7. The van der Waals surface area contributed by atoms with Crippen molar-refractivity contribution in [2.24, 2.45) is 4.99 Å². The molecule has 0 atom stereocenters. The maximum atomic E-state index is 6.21. The standard InChI is InChI=1S/C20H22Cl2N4/c21-15-11-17-18(12-16(15)22)25-20(9-5-2-6-10-20)19(24-17)26-23-13-14-7-3-1-4-8-14/h1,3-4,7-8,11-12,23,25H,2,5-6,9-10,13H2,(H,24,26). The molecule has 2 aromatic rings. The fourth-order valence-electron chi connectivity index (χ4n) is 3.76. The smallest absolute Gasteiger partial charge is 0.142 e. The van der Waals surface area contributed by atoms with Gasteiger partial charge in [-0.25, -0.2) is 10.4 Å². The van der Waals surface area contributed by atoms with Crippen LogP contribution in [0, 0.1) is 0 Å². The van der Waals surface area contributed by atoms with Crippen LogP contribution in [0.4, 0.5) is 11.4 Å². The molecule has 0 radical (unpaired) electrons. The van der Waals surface area contributed by atoms with E-state index in [0.29, 0.717) is 10.0 Å². The molecule has 1 spiro atoms. The number of nitrogens with zero attached hydrogens (tertiary/aromatic N) is 1. The van der Waals surface area contributed by atoms with Gasteiger partial charge in [-0.3, -0.25) is 0 Å². The molecule has 1 saturated carbocycles. The molecule has 26 heavy (non-hydrogen) atoms. The molecule has 0 unspecified atom stereocenters. The molecule has 0 amide bonds. The van der Waals surface area contributed by atoms with Crippen LogP contribution in [0.1, 0.15) is 37.7 Å². The lowest BCUT2D eigenvalue weighted by molar-refractivity contribution is 0.391. The lowest BCUT2D eigenvalue weighted by Crippen LogP contribution is -2.57. The highest BCUT2D eigenvalue weighted by atomic mass is 35.5. The molecule has 1 fully saturated rings. The maximum Gasteiger partial charge on any atom is 0.142 e. The van der Waals surface area contributed by atoms with E-state index in [-0.39, 0.29) is 5.54 Å². The molecule has 1 aliphatic carbocycles. The first kappa shape index (κ1) is 17.7. The number of aliphatic imine (C=N–C) groups is 1. The molecule has 4 nitrogen and oxygen atoms in total. The molecule has 0 aromatic heterocycles. The van der Waals surface area contributed by atoms with Gasteiger partial charge in [0.1, 0.15) is 5.84 Å². The third-order valence-corrected chi connectivity index (χ3v) is 5.87. The number of fused-ring (bicyclic) bond motifs is 1. The zero-order chi connectivity index (χ0) is 18.0. The van der Waals surface area contributed by atoms with Crippen LogP contribution >= 0.6 is 23.2 Å². The molecule has 1 aliphatic heterocycles. The summed E-state index contributed by atoms with van der Waals surface area (Å²) >= 11 is 12.4. The number of benzene rings is 2. The van der Waals surface area contributed by atoms with Crippen molar-refractivity contribution in [3.05, 3.63) is 58.1 Å². The largest absolute Gasteiger partial charge is 0.371 e. The highest BCUT2D eigenvalue weighted by molar-refractivity contribution is 6.42. The van der Waals surface area contributed by atoms with Gasteiger partial charge in [0.15, 0.2) is 0 Å². The monoisotopic (exact) mass is 388 g/mol. The van der Waals surface area contributed by atoms with Crippen LogP contribution in [0.3, 0.4) is 0 Å². The topological polar surface area (TPSA) is 48.4 Å². The Labute approximate surface area is 164 Å². The molecule has 0 saturated heterocycles. The molecule has 2 aromatic carbocycles. The fraction of sp³-hybridized carbons (Fsp3) is 0.350. The Morgan fingerprint density at radius 1 is 1.00 bits per heavy atom. The van der Waals surface area contributed by atoms with Gasteiger partial charge in [-0.05, 0) is 30.5 Å². The van der Waals surface area contributed by atoms with E-state index >= 15 is 0 Å². The third-order valence-electron chi connectivity index (χ3n) is 5.15. The van der Waals surface area contributed by atoms with Gasteiger partial charge in [-0.15, -0.1) is 0 Å². The summed E-state index contributed by atoms with van der Waals surface area (Å²) in [4.78, 5) is 4.89. The number of amidine groups is 1. The lowest BCUT2D eigenvalue weighted by Gasteiger charge is -2.42. The summed E-state index contributed by atoms with van der Waals surface area (Å²) in [5.41, 5.74) is 9.50. The zero-order valence-electron chi connectivity index (χ0n) is 14.5. The molecular formula is C20H22Cl2N4. The van der Waals surface area contributed by atoms with E-state index in [0.717, 1.165) is 36.6 Å². The maximum absolute atomic E-state index is 6.21. The Morgan fingerprint density at radius 3 is 2.50 bits per heavy atom. The first-order valence-corrected chi connectivity index (χ1v) is 9.81. The van der Waals surface area contributed by atoms with Gasteiger partial charge in [-0.2, -0.15) is 0 Å². The minimum absolute atomic E-state index is 0.175. The Bertz CT molecular complexity index is 814. The highest BCUT2D eigenvalue weighted by Crippen LogP contribution is 2.43. The summed E-state index contributed by atoms with van der Waals surface area (Å²) in [7, 11) is 0.